The third-order valence-corrected chi connectivity index (χ3v) is 2.95. The van der Waals surface area contributed by atoms with Gasteiger partial charge in [-0.25, -0.2) is 0 Å². The van der Waals surface area contributed by atoms with Crippen LogP contribution in [0.2, 0.25) is 0 Å². The molecular formula is C10H19ClN2. The summed E-state index contributed by atoms with van der Waals surface area (Å²) in [4.78, 5) is 2.50. The molecule has 0 aromatic carbocycles. The Morgan fingerprint density at radius 3 is 3.08 bits per heavy atom. The van der Waals surface area contributed by atoms with Crippen LogP contribution in [0.1, 0.15) is 19.8 Å². The summed E-state index contributed by atoms with van der Waals surface area (Å²) < 4.78 is 0. The molecule has 2 nitrogen and oxygen atoms in total. The van der Waals surface area contributed by atoms with E-state index < -0.39 is 0 Å². The summed E-state index contributed by atoms with van der Waals surface area (Å²) in [6, 6.07) is 0.705. The second-order valence-electron chi connectivity index (χ2n) is 3.78. The Balaban J connectivity index is 2.39. The molecule has 0 radical (unpaired) electrons. The molecule has 1 rings (SSSR count). The van der Waals surface area contributed by atoms with E-state index in [9.17, 15) is 0 Å². The Morgan fingerprint density at radius 1 is 1.69 bits per heavy atom. The van der Waals surface area contributed by atoms with Crippen molar-refractivity contribution < 1.29 is 0 Å². The van der Waals surface area contributed by atoms with E-state index in [0.717, 1.165) is 13.1 Å². The normalized spacial score (nSPS) is 25.5. The van der Waals surface area contributed by atoms with Crippen LogP contribution in [0.15, 0.2) is 11.1 Å². The average molecular weight is 203 g/mol. The van der Waals surface area contributed by atoms with Gasteiger partial charge in [0.2, 0.25) is 0 Å². The van der Waals surface area contributed by atoms with Crippen molar-refractivity contribution in [1.29, 1.82) is 0 Å². The van der Waals surface area contributed by atoms with Crippen LogP contribution >= 0.6 is 11.6 Å². The topological polar surface area (TPSA) is 15.3 Å². The SMILES string of the molecule is CNCC1CCCN1CC(C)=CCl. The third-order valence-electron chi connectivity index (χ3n) is 2.58. The molecule has 0 bridgehead atoms. The number of halogens is 1. The van der Waals surface area contributed by atoms with Crippen molar-refractivity contribution in [3.63, 3.8) is 0 Å². The van der Waals surface area contributed by atoms with Crippen molar-refractivity contribution in [2.24, 2.45) is 0 Å². The fraction of sp³-hybridized carbons (Fsp3) is 0.800. The van der Waals surface area contributed by atoms with Crippen molar-refractivity contribution in [2.75, 3.05) is 26.7 Å². The minimum Gasteiger partial charge on any atom is -0.318 e. The van der Waals surface area contributed by atoms with E-state index in [1.807, 2.05) is 7.05 Å². The third kappa shape index (κ3) is 3.29. The summed E-state index contributed by atoms with van der Waals surface area (Å²) in [6.07, 6.45) is 2.64. The van der Waals surface area contributed by atoms with E-state index in [-0.39, 0.29) is 0 Å². The van der Waals surface area contributed by atoms with Gasteiger partial charge in [0, 0.05) is 24.7 Å². The molecule has 3 heteroatoms. The predicted octanol–water partition coefficient (Wildman–Crippen LogP) is 1.81. The second kappa shape index (κ2) is 5.63. The van der Waals surface area contributed by atoms with E-state index in [1.54, 1.807) is 5.54 Å². The number of nitrogens with one attached hydrogen (secondary N) is 1. The molecule has 1 aliphatic rings. The summed E-state index contributed by atoms with van der Waals surface area (Å²) in [5.74, 6) is 0. The summed E-state index contributed by atoms with van der Waals surface area (Å²) in [7, 11) is 2.01. The van der Waals surface area contributed by atoms with Crippen LogP contribution in [0.25, 0.3) is 0 Å². The maximum atomic E-state index is 5.65. The van der Waals surface area contributed by atoms with Crippen molar-refractivity contribution >= 4 is 11.6 Å². The highest BCUT2D eigenvalue weighted by molar-refractivity contribution is 6.25. The van der Waals surface area contributed by atoms with E-state index in [0.29, 0.717) is 6.04 Å². The molecule has 0 aromatic rings. The fourth-order valence-electron chi connectivity index (χ4n) is 1.92. The number of hydrogen-bond acceptors (Lipinski definition) is 2. The number of hydrogen-bond donors (Lipinski definition) is 1. The molecule has 1 fully saturated rings. The predicted molar refractivity (Wildman–Crippen MR) is 58.1 cm³/mol. The Hall–Kier alpha value is -0.0500. The highest BCUT2D eigenvalue weighted by Crippen LogP contribution is 2.17. The van der Waals surface area contributed by atoms with Crippen molar-refractivity contribution in [3.05, 3.63) is 11.1 Å². The summed E-state index contributed by atoms with van der Waals surface area (Å²) in [6.45, 7) is 5.42. The van der Waals surface area contributed by atoms with Gasteiger partial charge in [-0.05, 0) is 38.9 Å². The number of nitrogens with zero attached hydrogens (tertiary/aromatic N) is 1. The monoisotopic (exact) mass is 202 g/mol. The van der Waals surface area contributed by atoms with Gasteiger partial charge in [0.05, 0.1) is 0 Å². The fourth-order valence-corrected chi connectivity index (χ4v) is 1.99. The molecule has 0 spiro atoms. The van der Waals surface area contributed by atoms with Gasteiger partial charge in [-0.2, -0.15) is 0 Å². The van der Waals surface area contributed by atoms with Crippen LogP contribution in [-0.4, -0.2) is 37.6 Å². The Morgan fingerprint density at radius 2 is 2.46 bits per heavy atom. The Labute approximate surface area is 85.9 Å². The number of rotatable bonds is 4. The molecule has 13 heavy (non-hydrogen) atoms. The minimum absolute atomic E-state index is 0.705. The first-order chi connectivity index (χ1) is 6.27. The van der Waals surface area contributed by atoms with Gasteiger partial charge in [-0.3, -0.25) is 4.90 Å². The maximum Gasteiger partial charge on any atom is 0.0224 e. The molecule has 1 unspecified atom stereocenters. The maximum absolute atomic E-state index is 5.65. The molecule has 76 valence electrons. The van der Waals surface area contributed by atoms with Crippen molar-refractivity contribution in [2.45, 2.75) is 25.8 Å². The molecule has 1 N–H and O–H groups in total. The first-order valence-electron chi connectivity index (χ1n) is 4.92. The van der Waals surface area contributed by atoms with Crippen LogP contribution in [-0.2, 0) is 0 Å². The van der Waals surface area contributed by atoms with Gasteiger partial charge in [-0.1, -0.05) is 11.6 Å². The van der Waals surface area contributed by atoms with E-state index in [4.69, 9.17) is 11.6 Å². The van der Waals surface area contributed by atoms with Crippen LogP contribution in [0, 0.1) is 0 Å². The minimum atomic E-state index is 0.705. The van der Waals surface area contributed by atoms with Gasteiger partial charge in [0.1, 0.15) is 0 Å². The van der Waals surface area contributed by atoms with Crippen LogP contribution in [0.4, 0.5) is 0 Å². The molecule has 1 saturated heterocycles. The van der Waals surface area contributed by atoms with Crippen LogP contribution in [0.5, 0.6) is 0 Å². The van der Waals surface area contributed by atoms with Gasteiger partial charge in [0.25, 0.3) is 0 Å². The molecule has 1 aliphatic heterocycles. The van der Waals surface area contributed by atoms with Crippen molar-refractivity contribution in [3.8, 4) is 0 Å². The first-order valence-corrected chi connectivity index (χ1v) is 5.36. The van der Waals surface area contributed by atoms with Gasteiger partial charge >= 0.3 is 0 Å². The zero-order valence-electron chi connectivity index (χ0n) is 8.52. The summed E-state index contributed by atoms with van der Waals surface area (Å²) >= 11 is 5.65. The second-order valence-corrected chi connectivity index (χ2v) is 4.00. The van der Waals surface area contributed by atoms with E-state index >= 15 is 0 Å². The smallest absolute Gasteiger partial charge is 0.0224 e. The highest BCUT2D eigenvalue weighted by atomic mass is 35.5. The van der Waals surface area contributed by atoms with Gasteiger partial charge < -0.3 is 5.32 Å². The lowest BCUT2D eigenvalue weighted by Gasteiger charge is -2.24. The van der Waals surface area contributed by atoms with Gasteiger partial charge in [0.15, 0.2) is 0 Å². The first kappa shape index (κ1) is 11.0. The zero-order valence-corrected chi connectivity index (χ0v) is 9.27. The lowest BCUT2D eigenvalue weighted by atomic mass is 10.2. The lowest BCUT2D eigenvalue weighted by Crippen LogP contribution is -2.37. The number of likely N-dealkylation sites (tertiary alicyclic amines) is 1. The largest absolute Gasteiger partial charge is 0.318 e. The average Bonchev–Trinajstić information content (AvgIpc) is 2.54. The standard InChI is InChI=1S/C10H19ClN2/c1-9(6-11)8-13-5-3-4-10(13)7-12-2/h6,10,12H,3-5,7-8H2,1-2H3. The molecule has 0 aromatic heterocycles. The molecular weight excluding hydrogens is 184 g/mol. The Kier molecular flexibility index (Phi) is 4.78. The van der Waals surface area contributed by atoms with Crippen LogP contribution < -0.4 is 5.32 Å². The Bertz CT molecular complexity index is 180. The quantitative estimate of drug-likeness (QED) is 0.748. The number of likely N-dealkylation sites (N-methyl/N-ethyl adjacent to an activating group) is 1. The summed E-state index contributed by atoms with van der Waals surface area (Å²) in [5, 5.41) is 3.24. The summed E-state index contributed by atoms with van der Waals surface area (Å²) in [5.41, 5.74) is 2.94. The molecule has 1 atom stereocenters. The molecule has 0 aliphatic carbocycles. The van der Waals surface area contributed by atoms with E-state index in [2.05, 4.69) is 17.1 Å². The van der Waals surface area contributed by atoms with Crippen LogP contribution in [0.3, 0.4) is 0 Å². The lowest BCUT2D eigenvalue weighted by molar-refractivity contribution is 0.271. The van der Waals surface area contributed by atoms with Gasteiger partial charge in [-0.15, -0.1) is 0 Å². The zero-order chi connectivity index (χ0) is 9.68. The molecule has 0 amide bonds. The highest BCUT2D eigenvalue weighted by Gasteiger charge is 2.23. The molecule has 1 heterocycles. The molecule has 0 saturated carbocycles. The van der Waals surface area contributed by atoms with E-state index in [1.165, 1.54) is 25.0 Å². The van der Waals surface area contributed by atoms with Crippen molar-refractivity contribution in [1.82, 2.24) is 10.2 Å².